The van der Waals surface area contributed by atoms with E-state index in [0.29, 0.717) is 13.0 Å². The summed E-state index contributed by atoms with van der Waals surface area (Å²) >= 11 is 0. The molecule has 2 aliphatic heterocycles. The van der Waals surface area contributed by atoms with Crippen LogP contribution in [0.25, 0.3) is 0 Å². The van der Waals surface area contributed by atoms with Gasteiger partial charge >= 0.3 is 5.97 Å². The molecule has 0 aliphatic carbocycles. The number of hydrogen-bond donors (Lipinski definition) is 7. The van der Waals surface area contributed by atoms with E-state index in [1.807, 2.05) is 0 Å². The summed E-state index contributed by atoms with van der Waals surface area (Å²) in [6.45, 7) is 3.71. The van der Waals surface area contributed by atoms with Gasteiger partial charge in [0.1, 0.15) is 54.9 Å². The monoisotopic (exact) mass is 1070 g/mol. The zero-order valence-corrected chi connectivity index (χ0v) is 47.3. The van der Waals surface area contributed by atoms with Gasteiger partial charge in [0, 0.05) is 13.0 Å². The van der Waals surface area contributed by atoms with Crippen LogP contribution in [0.4, 0.5) is 0 Å². The molecule has 2 aliphatic rings. The van der Waals surface area contributed by atoms with E-state index in [9.17, 15) is 40.5 Å². The summed E-state index contributed by atoms with van der Waals surface area (Å²) in [5.41, 5.74) is 0. The molecule has 14 heteroatoms. The smallest absolute Gasteiger partial charge is 0.306 e. The lowest BCUT2D eigenvalue weighted by molar-refractivity contribution is -0.332. The van der Waals surface area contributed by atoms with Crippen LogP contribution < -0.4 is 0 Å². The van der Waals surface area contributed by atoms with Crippen LogP contribution in [0.1, 0.15) is 245 Å². The van der Waals surface area contributed by atoms with E-state index >= 15 is 0 Å². The Morgan fingerprint density at radius 2 is 0.827 bits per heavy atom. The predicted molar refractivity (Wildman–Crippen MR) is 298 cm³/mol. The van der Waals surface area contributed by atoms with E-state index in [2.05, 4.69) is 50.3 Å². The summed E-state index contributed by atoms with van der Waals surface area (Å²) < 4.78 is 34.4. The van der Waals surface area contributed by atoms with Gasteiger partial charge in [-0.2, -0.15) is 0 Å². The summed E-state index contributed by atoms with van der Waals surface area (Å²) in [7, 11) is 0. The van der Waals surface area contributed by atoms with Crippen LogP contribution in [0.3, 0.4) is 0 Å². The van der Waals surface area contributed by atoms with E-state index < -0.39 is 80.7 Å². The summed E-state index contributed by atoms with van der Waals surface area (Å²) in [5.74, 6) is -0.378. The fourth-order valence-electron chi connectivity index (χ4n) is 9.66. The highest BCUT2D eigenvalue weighted by Crippen LogP contribution is 2.27. The number of allylic oxidation sites excluding steroid dienone is 6. The minimum Gasteiger partial charge on any atom is -0.457 e. The molecule has 7 N–H and O–H groups in total. The molecule has 440 valence electrons. The van der Waals surface area contributed by atoms with E-state index in [1.54, 1.807) is 0 Å². The maximum absolute atomic E-state index is 13.1. The summed E-state index contributed by atoms with van der Waals surface area (Å²) in [6, 6.07) is 0. The molecule has 2 heterocycles. The average molecular weight is 1070 g/mol. The second-order valence-corrected chi connectivity index (χ2v) is 21.5. The van der Waals surface area contributed by atoms with Gasteiger partial charge in [0.05, 0.1) is 26.4 Å². The highest BCUT2D eigenvalue weighted by atomic mass is 16.7. The summed E-state index contributed by atoms with van der Waals surface area (Å²) in [6.07, 6.45) is 40.6. The minimum absolute atomic E-state index is 0.0608. The largest absolute Gasteiger partial charge is 0.457 e. The number of carbonyl (C=O) groups is 1. The van der Waals surface area contributed by atoms with Crippen molar-refractivity contribution in [3.8, 4) is 0 Å². The van der Waals surface area contributed by atoms with Gasteiger partial charge in [-0.05, 0) is 70.6 Å². The first-order valence-corrected chi connectivity index (χ1v) is 30.6. The Balaban J connectivity index is 1.70. The third kappa shape index (κ3) is 34.7. The fraction of sp³-hybridized carbons (Fsp3) is 0.885. The van der Waals surface area contributed by atoms with Crippen LogP contribution in [0.2, 0.25) is 0 Å². The van der Waals surface area contributed by atoms with Crippen LogP contribution in [0.5, 0.6) is 0 Å². The molecule has 11 unspecified atom stereocenters. The topological polar surface area (TPSA) is 214 Å². The third-order valence-corrected chi connectivity index (χ3v) is 14.6. The summed E-state index contributed by atoms with van der Waals surface area (Å²) in [4.78, 5) is 13.1. The Morgan fingerprint density at radius 1 is 0.440 bits per heavy atom. The number of unbranched alkanes of at least 4 members (excludes halogenated alkanes) is 30. The Labute approximate surface area is 455 Å². The molecule has 11 atom stereocenters. The van der Waals surface area contributed by atoms with Crippen LogP contribution in [-0.2, 0) is 33.2 Å². The van der Waals surface area contributed by atoms with Gasteiger partial charge in [-0.25, -0.2) is 0 Å². The SMILES string of the molecule is CCCCCCC/C=C\C/C=C\CCCCCCCCCCCC(=O)OC(COCCCCCCCCCCCC/C=C\CCCCCCCC)COC1OC(COC2OC(CO)C(O)C(O)C2O)C(O)C(O)C1O. The number of rotatable bonds is 50. The van der Waals surface area contributed by atoms with Crippen molar-refractivity contribution in [3.63, 3.8) is 0 Å². The molecule has 2 saturated heterocycles. The molecule has 14 nitrogen and oxygen atoms in total. The van der Waals surface area contributed by atoms with Crippen molar-refractivity contribution in [2.75, 3.05) is 33.0 Å². The van der Waals surface area contributed by atoms with Gasteiger partial charge in [-0.15, -0.1) is 0 Å². The molecular weight excluding hydrogens is 957 g/mol. The molecule has 0 aromatic carbocycles. The second-order valence-electron chi connectivity index (χ2n) is 21.5. The molecule has 0 saturated carbocycles. The number of aliphatic hydroxyl groups excluding tert-OH is 7. The van der Waals surface area contributed by atoms with Crippen molar-refractivity contribution in [1.82, 2.24) is 0 Å². The van der Waals surface area contributed by atoms with Crippen molar-refractivity contribution in [2.45, 2.75) is 313 Å². The number of ether oxygens (including phenoxy) is 6. The first kappa shape index (κ1) is 69.3. The minimum atomic E-state index is -1.71. The van der Waals surface area contributed by atoms with E-state index in [4.69, 9.17) is 28.4 Å². The molecule has 0 bridgehead atoms. The molecule has 0 aromatic rings. The zero-order valence-electron chi connectivity index (χ0n) is 47.3. The van der Waals surface area contributed by atoms with Crippen LogP contribution in [0, 0.1) is 0 Å². The lowest BCUT2D eigenvalue weighted by Crippen LogP contribution is -2.61. The lowest BCUT2D eigenvalue weighted by atomic mass is 9.98. The Morgan fingerprint density at radius 3 is 1.29 bits per heavy atom. The quantitative estimate of drug-likeness (QED) is 0.0172. The van der Waals surface area contributed by atoms with Crippen LogP contribution in [0.15, 0.2) is 36.5 Å². The van der Waals surface area contributed by atoms with Crippen LogP contribution in [-0.4, -0.2) is 142 Å². The molecule has 0 radical (unpaired) electrons. The highest BCUT2D eigenvalue weighted by Gasteiger charge is 2.47. The van der Waals surface area contributed by atoms with Gasteiger partial charge in [-0.1, -0.05) is 204 Å². The van der Waals surface area contributed by atoms with Gasteiger partial charge in [0.15, 0.2) is 12.6 Å². The number of aliphatic hydroxyl groups is 7. The van der Waals surface area contributed by atoms with Crippen molar-refractivity contribution >= 4 is 5.97 Å². The van der Waals surface area contributed by atoms with E-state index in [-0.39, 0.29) is 25.6 Å². The average Bonchev–Trinajstić information content (AvgIpc) is 3.41. The summed E-state index contributed by atoms with van der Waals surface area (Å²) in [5, 5.41) is 72.4. The molecule has 75 heavy (non-hydrogen) atoms. The van der Waals surface area contributed by atoms with Crippen LogP contribution >= 0.6 is 0 Å². The van der Waals surface area contributed by atoms with Gasteiger partial charge in [0.25, 0.3) is 0 Å². The molecule has 2 fully saturated rings. The van der Waals surface area contributed by atoms with Gasteiger partial charge in [0.2, 0.25) is 0 Å². The number of carbonyl (C=O) groups excluding carboxylic acids is 1. The lowest BCUT2D eigenvalue weighted by Gasteiger charge is -2.42. The first-order valence-electron chi connectivity index (χ1n) is 30.6. The molecule has 0 amide bonds. The standard InChI is InChI=1S/C61H112O14/c1-3-5-7-9-11-13-15-17-19-21-23-25-26-28-30-32-34-36-38-40-42-44-53(63)73-50(47-70-45-43-41-39-37-35-33-31-29-27-24-22-20-18-16-14-12-10-8-6-4-2)48-71-60-59(69)57(67)55(65)52(75-60)49-72-61-58(68)56(66)54(64)51(46-62)74-61/h15,17-18,20-21,23,50-52,54-62,64-69H,3-14,16,19,22,24-49H2,1-2H3/b17-15-,20-18-,23-21-. The predicted octanol–water partition coefficient (Wildman–Crippen LogP) is 11.3. The highest BCUT2D eigenvalue weighted by molar-refractivity contribution is 5.69. The van der Waals surface area contributed by atoms with Crippen molar-refractivity contribution in [1.29, 1.82) is 0 Å². The Hall–Kier alpha value is -1.79. The first-order chi connectivity index (χ1) is 36.6. The zero-order chi connectivity index (χ0) is 54.4. The second kappa shape index (κ2) is 48.1. The maximum atomic E-state index is 13.1. The molecule has 0 spiro atoms. The normalized spacial score (nSPS) is 24.8. The van der Waals surface area contributed by atoms with Crippen molar-refractivity contribution in [3.05, 3.63) is 36.5 Å². The third-order valence-electron chi connectivity index (χ3n) is 14.6. The number of hydrogen-bond acceptors (Lipinski definition) is 14. The molecular formula is C61H112O14. The fourth-order valence-corrected chi connectivity index (χ4v) is 9.66. The Bertz CT molecular complexity index is 1380. The van der Waals surface area contributed by atoms with Gasteiger partial charge in [-0.3, -0.25) is 4.79 Å². The van der Waals surface area contributed by atoms with Gasteiger partial charge < -0.3 is 64.2 Å². The van der Waals surface area contributed by atoms with Crippen molar-refractivity contribution in [2.24, 2.45) is 0 Å². The van der Waals surface area contributed by atoms with E-state index in [1.165, 1.54) is 167 Å². The van der Waals surface area contributed by atoms with Crippen molar-refractivity contribution < 1.29 is 69.0 Å². The maximum Gasteiger partial charge on any atom is 0.306 e. The molecule has 0 aromatic heterocycles. The van der Waals surface area contributed by atoms with E-state index in [0.717, 1.165) is 51.4 Å². The Kier molecular flexibility index (Phi) is 44.5. The molecule has 2 rings (SSSR count). The number of esters is 1.